The minimum atomic E-state index is -0.186. The fourth-order valence-corrected chi connectivity index (χ4v) is 2.72. The summed E-state index contributed by atoms with van der Waals surface area (Å²) in [5.41, 5.74) is 6.38. The molecule has 2 aromatic rings. The summed E-state index contributed by atoms with van der Waals surface area (Å²) < 4.78 is 6.59. The minimum Gasteiger partial charge on any atom is -0.391 e. The molecule has 0 radical (unpaired) electrons. The number of anilines is 2. The van der Waals surface area contributed by atoms with Crippen LogP contribution in [-0.2, 0) is 9.53 Å². The van der Waals surface area contributed by atoms with Crippen molar-refractivity contribution in [3.05, 3.63) is 18.3 Å². The van der Waals surface area contributed by atoms with Gasteiger partial charge in [0, 0.05) is 19.6 Å². The highest BCUT2D eigenvalue weighted by Gasteiger charge is 2.24. The molecule has 1 atom stereocenters. The van der Waals surface area contributed by atoms with Gasteiger partial charge in [-0.3, -0.25) is 9.69 Å². The fourth-order valence-electron chi connectivity index (χ4n) is 2.72. The molecule has 0 bridgehead atoms. The Kier molecular flexibility index (Phi) is 4.73. The summed E-state index contributed by atoms with van der Waals surface area (Å²) in [7, 11) is 0. The number of nitrogens with two attached hydrogens (primary N) is 1. The smallest absolute Gasteiger partial charge is 0.238 e. The van der Waals surface area contributed by atoms with Crippen LogP contribution in [0.2, 0.25) is 0 Å². The minimum absolute atomic E-state index is 0.136. The van der Waals surface area contributed by atoms with Crippen LogP contribution in [0.1, 0.15) is 25.7 Å². The Morgan fingerprint density at radius 3 is 2.83 bits per heavy atom. The molecule has 2 saturated heterocycles. The summed E-state index contributed by atoms with van der Waals surface area (Å²) in [6.45, 7) is 2.12. The van der Waals surface area contributed by atoms with Crippen molar-refractivity contribution < 1.29 is 14.6 Å². The lowest BCUT2D eigenvalue weighted by Gasteiger charge is -2.15. The Bertz CT molecular complexity index is 681. The van der Waals surface area contributed by atoms with Crippen LogP contribution in [0.5, 0.6) is 0 Å². The number of hydrogen-bond acceptors (Lipinski definition) is 6. The molecular weight excluding hydrogens is 298 g/mol. The molecule has 0 aliphatic carbocycles. The zero-order valence-electron chi connectivity index (χ0n) is 12.9. The number of amides is 1. The Morgan fingerprint density at radius 2 is 2.22 bits per heavy atom. The average Bonchev–Trinajstić information content (AvgIpc) is 3.14. The molecule has 4 heterocycles. The topological polar surface area (TPSA) is 106 Å². The maximum absolute atomic E-state index is 11.6. The molecule has 2 aromatic heterocycles. The SMILES string of the molecule is Nc1ncc2ccc(N3CCCC3=O)n2n1.OC1CCCOC1. The van der Waals surface area contributed by atoms with Gasteiger partial charge in [0.2, 0.25) is 11.9 Å². The highest BCUT2D eigenvalue weighted by molar-refractivity contribution is 5.95. The molecule has 0 saturated carbocycles. The summed E-state index contributed by atoms with van der Waals surface area (Å²) in [6.07, 6.45) is 4.89. The monoisotopic (exact) mass is 319 g/mol. The first-order valence-corrected chi connectivity index (χ1v) is 7.81. The number of carbonyl (C=O) groups excluding carboxylic acids is 1. The summed E-state index contributed by atoms with van der Waals surface area (Å²) in [4.78, 5) is 17.3. The van der Waals surface area contributed by atoms with Gasteiger partial charge in [-0.05, 0) is 31.4 Å². The molecule has 3 N–H and O–H groups in total. The summed E-state index contributed by atoms with van der Waals surface area (Å²) in [5, 5.41) is 12.9. The Balaban J connectivity index is 0.000000188. The zero-order chi connectivity index (χ0) is 16.2. The number of carbonyl (C=O) groups is 1. The fraction of sp³-hybridized carbons (Fsp3) is 0.533. The first-order valence-electron chi connectivity index (χ1n) is 7.81. The van der Waals surface area contributed by atoms with Crippen molar-refractivity contribution in [1.82, 2.24) is 14.6 Å². The number of ether oxygens (including phenoxy) is 1. The second-order valence-corrected chi connectivity index (χ2v) is 5.66. The summed E-state index contributed by atoms with van der Waals surface area (Å²) in [5.74, 6) is 1.11. The normalized spacial score (nSPS) is 21.3. The molecule has 23 heavy (non-hydrogen) atoms. The second-order valence-electron chi connectivity index (χ2n) is 5.66. The maximum atomic E-state index is 11.6. The number of rotatable bonds is 1. The van der Waals surface area contributed by atoms with E-state index in [0.717, 1.165) is 43.7 Å². The van der Waals surface area contributed by atoms with Crippen molar-refractivity contribution in [1.29, 1.82) is 0 Å². The van der Waals surface area contributed by atoms with Crippen LogP contribution < -0.4 is 10.6 Å². The van der Waals surface area contributed by atoms with Crippen molar-refractivity contribution in [3.63, 3.8) is 0 Å². The molecule has 124 valence electrons. The highest BCUT2D eigenvalue weighted by atomic mass is 16.5. The van der Waals surface area contributed by atoms with Crippen molar-refractivity contribution in [3.8, 4) is 0 Å². The van der Waals surface area contributed by atoms with E-state index in [2.05, 4.69) is 10.1 Å². The number of aliphatic hydroxyl groups is 1. The molecule has 1 amide bonds. The summed E-state index contributed by atoms with van der Waals surface area (Å²) >= 11 is 0. The van der Waals surface area contributed by atoms with E-state index in [4.69, 9.17) is 15.6 Å². The van der Waals surface area contributed by atoms with E-state index in [1.165, 1.54) is 0 Å². The molecule has 0 spiro atoms. The van der Waals surface area contributed by atoms with Gasteiger partial charge in [-0.15, -0.1) is 5.10 Å². The molecule has 2 fully saturated rings. The van der Waals surface area contributed by atoms with Gasteiger partial charge < -0.3 is 15.6 Å². The van der Waals surface area contributed by atoms with E-state index in [-0.39, 0.29) is 18.0 Å². The van der Waals surface area contributed by atoms with E-state index >= 15 is 0 Å². The molecule has 8 nitrogen and oxygen atoms in total. The van der Waals surface area contributed by atoms with Gasteiger partial charge in [-0.25, -0.2) is 9.50 Å². The first kappa shape index (κ1) is 15.7. The highest BCUT2D eigenvalue weighted by Crippen LogP contribution is 2.23. The Labute approximate surface area is 133 Å². The molecular formula is C15H21N5O3. The predicted molar refractivity (Wildman–Crippen MR) is 85.0 cm³/mol. The number of aromatic nitrogens is 3. The van der Waals surface area contributed by atoms with Crippen molar-refractivity contribution in [2.24, 2.45) is 0 Å². The molecule has 1 unspecified atom stereocenters. The van der Waals surface area contributed by atoms with Gasteiger partial charge in [-0.1, -0.05) is 0 Å². The third-order valence-corrected chi connectivity index (χ3v) is 3.88. The number of fused-ring (bicyclic) bond motifs is 1. The lowest BCUT2D eigenvalue weighted by atomic mass is 10.2. The Morgan fingerprint density at radius 1 is 1.35 bits per heavy atom. The lowest BCUT2D eigenvalue weighted by molar-refractivity contribution is -0.117. The first-order chi connectivity index (χ1) is 11.1. The third kappa shape index (κ3) is 3.59. The predicted octanol–water partition coefficient (Wildman–Crippen LogP) is 0.596. The van der Waals surface area contributed by atoms with Gasteiger partial charge in [-0.2, -0.15) is 0 Å². The van der Waals surface area contributed by atoms with E-state index in [0.29, 0.717) is 13.0 Å². The third-order valence-electron chi connectivity index (χ3n) is 3.88. The van der Waals surface area contributed by atoms with E-state index in [9.17, 15) is 4.79 Å². The average molecular weight is 319 g/mol. The largest absolute Gasteiger partial charge is 0.391 e. The van der Waals surface area contributed by atoms with Crippen LogP contribution in [0, 0.1) is 0 Å². The number of nitrogen functional groups attached to an aromatic ring is 1. The summed E-state index contributed by atoms with van der Waals surface area (Å²) in [6, 6.07) is 3.74. The van der Waals surface area contributed by atoms with Crippen LogP contribution in [0.15, 0.2) is 18.3 Å². The van der Waals surface area contributed by atoms with Gasteiger partial charge in [0.15, 0.2) is 0 Å². The van der Waals surface area contributed by atoms with Crippen LogP contribution in [-0.4, -0.2) is 51.5 Å². The van der Waals surface area contributed by atoms with Crippen molar-refractivity contribution >= 4 is 23.2 Å². The number of aliphatic hydroxyl groups excluding tert-OH is 1. The van der Waals surface area contributed by atoms with Crippen molar-refractivity contribution in [2.75, 3.05) is 30.4 Å². The van der Waals surface area contributed by atoms with Gasteiger partial charge in [0.05, 0.1) is 24.4 Å². The van der Waals surface area contributed by atoms with E-state index in [1.807, 2.05) is 12.1 Å². The molecule has 2 aliphatic rings. The molecule has 2 aliphatic heterocycles. The van der Waals surface area contributed by atoms with Crippen LogP contribution in [0.25, 0.3) is 5.52 Å². The quantitative estimate of drug-likeness (QED) is 0.797. The van der Waals surface area contributed by atoms with Crippen LogP contribution >= 0.6 is 0 Å². The lowest BCUT2D eigenvalue weighted by Crippen LogP contribution is -2.25. The standard InChI is InChI=1S/C10H11N5O.C5H10O2/c11-10-12-6-7-3-4-8(15(7)13-10)14-5-1-2-9(14)16;6-5-2-1-3-7-4-5/h3-4,6H,1-2,5H2,(H2,11,13);5-6H,1-4H2. The van der Waals surface area contributed by atoms with Crippen LogP contribution in [0.3, 0.4) is 0 Å². The zero-order valence-corrected chi connectivity index (χ0v) is 12.9. The van der Waals surface area contributed by atoms with E-state index < -0.39 is 0 Å². The van der Waals surface area contributed by atoms with Crippen LogP contribution in [0.4, 0.5) is 11.8 Å². The molecule has 0 aromatic carbocycles. The van der Waals surface area contributed by atoms with Gasteiger partial charge in [0.1, 0.15) is 5.82 Å². The van der Waals surface area contributed by atoms with Gasteiger partial charge in [0.25, 0.3) is 0 Å². The molecule has 4 rings (SSSR count). The molecule has 8 heteroatoms. The second kappa shape index (κ2) is 6.93. The van der Waals surface area contributed by atoms with Crippen molar-refractivity contribution in [2.45, 2.75) is 31.8 Å². The number of nitrogens with zero attached hydrogens (tertiary/aromatic N) is 4. The maximum Gasteiger partial charge on any atom is 0.238 e. The van der Waals surface area contributed by atoms with E-state index in [1.54, 1.807) is 15.6 Å². The number of hydrogen-bond donors (Lipinski definition) is 2. The van der Waals surface area contributed by atoms with Gasteiger partial charge >= 0.3 is 0 Å². The Hall–Kier alpha value is -2.19.